The summed E-state index contributed by atoms with van der Waals surface area (Å²) in [5.74, 6) is 0.411. The number of β-amino-alcohol motifs (C(OH)–C–C–N with tert-alkyl or cyclic N) is 1. The maximum Gasteiger partial charge on any atom is 0.222 e. The molecule has 0 aromatic heterocycles. The van der Waals surface area contributed by atoms with E-state index in [0.29, 0.717) is 19.4 Å². The molecule has 0 aromatic rings. The second kappa shape index (κ2) is 8.25. The minimum atomic E-state index is -0.335. The van der Waals surface area contributed by atoms with Crippen molar-refractivity contribution in [1.29, 1.82) is 0 Å². The highest BCUT2D eigenvalue weighted by molar-refractivity contribution is 5.76. The maximum absolute atomic E-state index is 11.8. The summed E-state index contributed by atoms with van der Waals surface area (Å²) in [6.45, 7) is 2.91. The van der Waals surface area contributed by atoms with E-state index in [1.165, 1.54) is 0 Å². The van der Waals surface area contributed by atoms with Gasteiger partial charge in [0.15, 0.2) is 0 Å². The van der Waals surface area contributed by atoms with Gasteiger partial charge < -0.3 is 14.8 Å². The van der Waals surface area contributed by atoms with Crippen LogP contribution in [0.25, 0.3) is 0 Å². The van der Waals surface area contributed by atoms with Gasteiger partial charge in [0.25, 0.3) is 0 Å². The first-order valence-electron chi connectivity index (χ1n) is 7.05. The standard InChI is InChI=1S/C14H25NO3/c1-12(16)7-4-2-3-5-9-14(18)15-10-6-8-13(17)11-15/h13,17H,2-11H2,1H3. The zero-order valence-electron chi connectivity index (χ0n) is 11.4. The summed E-state index contributed by atoms with van der Waals surface area (Å²) in [6, 6.07) is 0. The molecule has 4 nitrogen and oxygen atoms in total. The lowest BCUT2D eigenvalue weighted by atomic mass is 10.1. The van der Waals surface area contributed by atoms with Crippen LogP contribution in [0.4, 0.5) is 0 Å². The molecule has 1 unspecified atom stereocenters. The van der Waals surface area contributed by atoms with Crippen molar-refractivity contribution in [1.82, 2.24) is 4.90 Å². The number of amides is 1. The zero-order chi connectivity index (χ0) is 13.4. The second-order valence-corrected chi connectivity index (χ2v) is 5.25. The number of unbranched alkanes of at least 4 members (excludes halogenated alkanes) is 3. The highest BCUT2D eigenvalue weighted by atomic mass is 16.3. The summed E-state index contributed by atoms with van der Waals surface area (Å²) in [5.41, 5.74) is 0. The second-order valence-electron chi connectivity index (χ2n) is 5.25. The minimum absolute atomic E-state index is 0.167. The van der Waals surface area contributed by atoms with Crippen molar-refractivity contribution in [3.8, 4) is 0 Å². The number of ketones is 1. The SMILES string of the molecule is CC(=O)CCCCCCC(=O)N1CCCC(O)C1. The minimum Gasteiger partial charge on any atom is -0.391 e. The van der Waals surface area contributed by atoms with E-state index in [-0.39, 0.29) is 17.8 Å². The predicted molar refractivity (Wildman–Crippen MR) is 70.2 cm³/mol. The lowest BCUT2D eigenvalue weighted by Crippen LogP contribution is -2.42. The lowest BCUT2D eigenvalue weighted by Gasteiger charge is -2.30. The number of hydrogen-bond donors (Lipinski definition) is 1. The van der Waals surface area contributed by atoms with Crippen molar-refractivity contribution in [2.24, 2.45) is 0 Å². The Hall–Kier alpha value is -0.900. The van der Waals surface area contributed by atoms with E-state index in [1.54, 1.807) is 11.8 Å². The van der Waals surface area contributed by atoms with Gasteiger partial charge in [-0.2, -0.15) is 0 Å². The van der Waals surface area contributed by atoms with E-state index in [2.05, 4.69) is 0 Å². The lowest BCUT2D eigenvalue weighted by molar-refractivity contribution is -0.134. The van der Waals surface area contributed by atoms with Gasteiger partial charge in [0, 0.05) is 25.9 Å². The van der Waals surface area contributed by atoms with Crippen LogP contribution in [0.3, 0.4) is 0 Å². The van der Waals surface area contributed by atoms with Gasteiger partial charge in [-0.15, -0.1) is 0 Å². The first-order chi connectivity index (χ1) is 8.59. The van der Waals surface area contributed by atoms with E-state index in [4.69, 9.17) is 0 Å². The largest absolute Gasteiger partial charge is 0.391 e. The Morgan fingerprint density at radius 2 is 1.83 bits per heavy atom. The monoisotopic (exact) mass is 255 g/mol. The van der Waals surface area contributed by atoms with E-state index in [0.717, 1.165) is 45.1 Å². The Morgan fingerprint density at radius 1 is 1.17 bits per heavy atom. The van der Waals surface area contributed by atoms with E-state index < -0.39 is 0 Å². The smallest absolute Gasteiger partial charge is 0.222 e. The fourth-order valence-corrected chi connectivity index (χ4v) is 2.34. The molecule has 0 spiro atoms. The van der Waals surface area contributed by atoms with Crippen LogP contribution >= 0.6 is 0 Å². The quantitative estimate of drug-likeness (QED) is 0.707. The van der Waals surface area contributed by atoms with Crippen molar-refractivity contribution >= 4 is 11.7 Å². The van der Waals surface area contributed by atoms with Gasteiger partial charge in [-0.05, 0) is 32.6 Å². The number of rotatable bonds is 7. The third-order valence-corrected chi connectivity index (χ3v) is 3.42. The van der Waals surface area contributed by atoms with Gasteiger partial charge in [0.1, 0.15) is 5.78 Å². The number of piperidine rings is 1. The van der Waals surface area contributed by atoms with Crippen LogP contribution in [0, 0.1) is 0 Å². The number of carbonyl (C=O) groups is 2. The molecule has 0 radical (unpaired) electrons. The zero-order valence-corrected chi connectivity index (χ0v) is 11.4. The first kappa shape index (κ1) is 15.2. The van der Waals surface area contributed by atoms with Crippen LogP contribution in [0.1, 0.15) is 58.3 Å². The number of aliphatic hydroxyl groups is 1. The third-order valence-electron chi connectivity index (χ3n) is 3.42. The summed E-state index contributed by atoms with van der Waals surface area (Å²) < 4.78 is 0. The van der Waals surface area contributed by atoms with Crippen molar-refractivity contribution in [2.75, 3.05) is 13.1 Å². The predicted octanol–water partition coefficient (Wildman–Crippen LogP) is 1.90. The number of likely N-dealkylation sites (tertiary alicyclic amines) is 1. The van der Waals surface area contributed by atoms with Crippen LogP contribution in [-0.4, -0.2) is 40.9 Å². The van der Waals surface area contributed by atoms with Gasteiger partial charge in [-0.3, -0.25) is 4.79 Å². The molecule has 1 atom stereocenters. The molecule has 1 aliphatic heterocycles. The topological polar surface area (TPSA) is 57.6 Å². The number of aliphatic hydroxyl groups excluding tert-OH is 1. The molecule has 4 heteroatoms. The van der Waals surface area contributed by atoms with Crippen molar-refractivity contribution in [3.63, 3.8) is 0 Å². The number of hydrogen-bond acceptors (Lipinski definition) is 3. The molecule has 18 heavy (non-hydrogen) atoms. The fraction of sp³-hybridized carbons (Fsp3) is 0.857. The molecule has 1 fully saturated rings. The van der Waals surface area contributed by atoms with Gasteiger partial charge in [0.2, 0.25) is 5.91 Å². The van der Waals surface area contributed by atoms with Gasteiger partial charge >= 0.3 is 0 Å². The third kappa shape index (κ3) is 6.15. The van der Waals surface area contributed by atoms with Crippen LogP contribution < -0.4 is 0 Å². The summed E-state index contributed by atoms with van der Waals surface area (Å²) >= 11 is 0. The highest BCUT2D eigenvalue weighted by Crippen LogP contribution is 2.13. The molecule has 1 heterocycles. The number of nitrogens with zero attached hydrogens (tertiary/aromatic N) is 1. The average Bonchev–Trinajstić information content (AvgIpc) is 2.33. The molecular formula is C14H25NO3. The van der Waals surface area contributed by atoms with Gasteiger partial charge in [-0.1, -0.05) is 12.8 Å². The Balaban J connectivity index is 2.04. The van der Waals surface area contributed by atoms with Gasteiger partial charge in [0.05, 0.1) is 6.10 Å². The molecule has 1 rings (SSSR count). The molecule has 1 amide bonds. The Bertz CT molecular complexity index is 278. The molecule has 1 aliphatic rings. The average molecular weight is 255 g/mol. The molecule has 0 aromatic carbocycles. The summed E-state index contributed by atoms with van der Waals surface area (Å²) in [4.78, 5) is 24.4. The molecular weight excluding hydrogens is 230 g/mol. The summed E-state index contributed by atoms with van der Waals surface area (Å²) in [6.07, 6.45) is 6.48. The molecule has 0 aliphatic carbocycles. The van der Waals surface area contributed by atoms with Crippen LogP contribution in [0.5, 0.6) is 0 Å². The maximum atomic E-state index is 11.8. The van der Waals surface area contributed by atoms with Crippen molar-refractivity contribution in [2.45, 2.75) is 64.4 Å². The highest BCUT2D eigenvalue weighted by Gasteiger charge is 2.21. The summed E-state index contributed by atoms with van der Waals surface area (Å²) in [5, 5.41) is 9.50. The molecule has 0 bridgehead atoms. The molecule has 0 saturated carbocycles. The van der Waals surface area contributed by atoms with Crippen LogP contribution in [-0.2, 0) is 9.59 Å². The van der Waals surface area contributed by atoms with E-state index >= 15 is 0 Å². The summed E-state index contributed by atoms with van der Waals surface area (Å²) in [7, 11) is 0. The van der Waals surface area contributed by atoms with E-state index in [9.17, 15) is 14.7 Å². The Labute approximate surface area is 109 Å². The fourth-order valence-electron chi connectivity index (χ4n) is 2.34. The Morgan fingerprint density at radius 3 is 2.44 bits per heavy atom. The van der Waals surface area contributed by atoms with Crippen molar-refractivity contribution in [3.05, 3.63) is 0 Å². The molecule has 1 N–H and O–H groups in total. The normalized spacial score (nSPS) is 19.9. The van der Waals surface area contributed by atoms with Crippen LogP contribution in [0.2, 0.25) is 0 Å². The first-order valence-corrected chi connectivity index (χ1v) is 7.05. The number of carbonyl (C=O) groups excluding carboxylic acids is 2. The van der Waals surface area contributed by atoms with Crippen molar-refractivity contribution < 1.29 is 14.7 Å². The number of Topliss-reactive ketones (excluding diaryl/α,β-unsaturated/α-hetero) is 1. The van der Waals surface area contributed by atoms with Crippen LogP contribution in [0.15, 0.2) is 0 Å². The Kier molecular flexibility index (Phi) is 6.94. The van der Waals surface area contributed by atoms with Gasteiger partial charge in [-0.25, -0.2) is 0 Å². The van der Waals surface area contributed by atoms with E-state index in [1.807, 2.05) is 0 Å². The molecule has 1 saturated heterocycles. The molecule has 104 valence electrons.